The second-order valence-corrected chi connectivity index (χ2v) is 8.25. The van der Waals surface area contributed by atoms with Crippen molar-refractivity contribution in [3.63, 3.8) is 0 Å². The Labute approximate surface area is 150 Å². The maximum atomic E-state index is 12.6. The summed E-state index contributed by atoms with van der Waals surface area (Å²) in [5.41, 5.74) is 2.31. The van der Waals surface area contributed by atoms with Gasteiger partial charge in [0, 0.05) is 10.8 Å². The van der Waals surface area contributed by atoms with Crippen LogP contribution >= 0.6 is 11.6 Å². The summed E-state index contributed by atoms with van der Waals surface area (Å²) in [7, 11) is -1.33. The van der Waals surface area contributed by atoms with Crippen LogP contribution in [0, 0.1) is 18.4 Å². The van der Waals surface area contributed by atoms with Crippen molar-refractivity contribution in [2.24, 2.45) is 5.92 Å². The van der Waals surface area contributed by atoms with E-state index in [9.17, 15) is 9.00 Å². The lowest BCUT2D eigenvalue weighted by Gasteiger charge is -2.27. The molecule has 0 spiro atoms. The standard InChI is InChI=1S/C18H22ClN2O2S/c1-12-3-9-16(10-4-12)20-18(22)21-11-24(23)17(13(21)2)14-5-7-15(19)8-6-14/h5-8,11-12,16H,3-4,9-10H2,1-2H3,(H,20,22)/q-1. The average molecular weight is 366 g/mol. The maximum Gasteiger partial charge on any atom is 0.412 e. The minimum atomic E-state index is -1.33. The van der Waals surface area contributed by atoms with Gasteiger partial charge in [0.25, 0.3) is 0 Å². The minimum Gasteiger partial charge on any atom is -0.288 e. The number of allylic oxidation sites excluding steroid dienone is 5. The van der Waals surface area contributed by atoms with E-state index >= 15 is 0 Å². The highest BCUT2D eigenvalue weighted by Crippen LogP contribution is 2.31. The molecule has 1 unspecified atom stereocenters. The number of halogens is 1. The largest absolute Gasteiger partial charge is 0.412 e. The number of amides is 2. The van der Waals surface area contributed by atoms with Crippen LogP contribution in [0.5, 0.6) is 0 Å². The molecule has 0 radical (unpaired) electrons. The summed E-state index contributed by atoms with van der Waals surface area (Å²) in [6.45, 7) is 4.08. The quantitative estimate of drug-likeness (QED) is 0.568. The third kappa shape index (κ3) is 3.62. The Morgan fingerprint density at radius 3 is 2.71 bits per heavy atom. The number of hydrogen-bond donors (Lipinski definition) is 1. The van der Waals surface area contributed by atoms with Crippen LogP contribution < -0.4 is 5.32 Å². The lowest BCUT2D eigenvalue weighted by molar-refractivity contribution is -0.395. The van der Waals surface area contributed by atoms with Gasteiger partial charge in [-0.15, -0.1) is 23.8 Å². The van der Waals surface area contributed by atoms with Crippen molar-refractivity contribution in [2.45, 2.75) is 45.6 Å². The van der Waals surface area contributed by atoms with Crippen molar-refractivity contribution in [1.29, 1.82) is 0 Å². The maximum absolute atomic E-state index is 12.6. The van der Waals surface area contributed by atoms with Crippen LogP contribution in [0.4, 0.5) is 4.79 Å². The predicted molar refractivity (Wildman–Crippen MR) is 97.7 cm³/mol. The van der Waals surface area contributed by atoms with Gasteiger partial charge in [0.1, 0.15) is 0 Å². The van der Waals surface area contributed by atoms with E-state index in [4.69, 9.17) is 11.6 Å². The van der Waals surface area contributed by atoms with Crippen LogP contribution in [0.25, 0.3) is 0 Å². The summed E-state index contributed by atoms with van der Waals surface area (Å²) in [4.78, 5) is 13.2. The van der Waals surface area contributed by atoms with E-state index in [1.807, 2.05) is 19.4 Å². The molecule has 0 saturated heterocycles. The first-order valence-electron chi connectivity index (χ1n) is 8.28. The molecule has 3 aliphatic rings. The van der Waals surface area contributed by atoms with Gasteiger partial charge in [-0.25, -0.2) is 5.57 Å². The van der Waals surface area contributed by atoms with Gasteiger partial charge in [-0.05, 0) is 49.6 Å². The summed E-state index contributed by atoms with van der Waals surface area (Å²) >= 11 is 5.91. The Hall–Kier alpha value is -1.46. The molecule has 1 N–H and O–H groups in total. The van der Waals surface area contributed by atoms with Gasteiger partial charge in [-0.1, -0.05) is 11.8 Å². The van der Waals surface area contributed by atoms with Crippen molar-refractivity contribution in [1.82, 2.24) is 5.32 Å². The van der Waals surface area contributed by atoms with Crippen molar-refractivity contribution in [2.75, 3.05) is 0 Å². The molecule has 1 atom stereocenters. The summed E-state index contributed by atoms with van der Waals surface area (Å²) in [6, 6.07) is 0.726. The fraction of sp³-hybridized carbons (Fsp3) is 0.444. The van der Waals surface area contributed by atoms with E-state index in [1.165, 1.54) is 10.1 Å². The molecule has 2 amide bonds. The molecule has 0 bridgehead atoms. The van der Waals surface area contributed by atoms with Crippen molar-refractivity contribution < 1.29 is 13.6 Å². The fourth-order valence-corrected chi connectivity index (χ4v) is 4.69. The topological polar surface area (TPSA) is 49.2 Å². The number of nitrogens with zero attached hydrogens (tertiary/aromatic N) is 1. The second kappa shape index (κ2) is 7.19. The van der Waals surface area contributed by atoms with E-state index in [1.54, 1.807) is 12.2 Å². The molecule has 1 fully saturated rings. The van der Waals surface area contributed by atoms with Crippen LogP contribution in [0.15, 0.2) is 33.7 Å². The van der Waals surface area contributed by atoms with Crippen LogP contribution in [0.3, 0.4) is 0 Å². The Balaban J connectivity index is 1.70. The third-order valence-electron chi connectivity index (χ3n) is 4.76. The molecule has 0 aromatic carbocycles. The van der Waals surface area contributed by atoms with E-state index in [-0.39, 0.29) is 12.1 Å². The van der Waals surface area contributed by atoms with Gasteiger partial charge in [-0.3, -0.25) is 18.9 Å². The lowest BCUT2D eigenvalue weighted by atomic mass is 9.87. The molecule has 1 aliphatic heterocycles. The first kappa shape index (κ1) is 17.4. The zero-order valence-corrected chi connectivity index (χ0v) is 15.5. The molecular formula is C18H22ClN2O2S-. The van der Waals surface area contributed by atoms with Crippen molar-refractivity contribution >= 4 is 34.0 Å². The molecule has 3 rings (SSSR count). The molecule has 1 saturated carbocycles. The van der Waals surface area contributed by atoms with E-state index < -0.39 is 10.8 Å². The van der Waals surface area contributed by atoms with Gasteiger partial charge >= 0.3 is 6.03 Å². The summed E-state index contributed by atoms with van der Waals surface area (Å²) in [6.07, 6.45) is 11.5. The zero-order chi connectivity index (χ0) is 17.3. The SMILES string of the molecule is C[C-]1C(=C2C=CC(Cl)=C[CH-]2)S(=O)C=[N+]1C(=O)NC1CCC(C)CC1. The number of nitrogens with one attached hydrogen (secondary N) is 1. The van der Waals surface area contributed by atoms with Gasteiger partial charge in [0.05, 0.1) is 11.6 Å². The minimum absolute atomic E-state index is 0.190. The highest BCUT2D eigenvalue weighted by molar-refractivity contribution is 8.02. The first-order chi connectivity index (χ1) is 11.5. The van der Waals surface area contributed by atoms with Crippen molar-refractivity contribution in [3.8, 4) is 0 Å². The Morgan fingerprint density at radius 1 is 1.38 bits per heavy atom. The highest BCUT2D eigenvalue weighted by atomic mass is 35.5. The molecule has 130 valence electrons. The number of carbonyl (C=O) groups excluding carboxylic acids is 1. The van der Waals surface area contributed by atoms with Gasteiger partial charge in [-0.2, -0.15) is 12.5 Å². The number of rotatable bonds is 1. The lowest BCUT2D eigenvalue weighted by Crippen LogP contribution is -2.42. The summed E-state index contributed by atoms with van der Waals surface area (Å²) in [5, 5.41) is 3.71. The molecule has 1 heterocycles. The van der Waals surface area contributed by atoms with Gasteiger partial charge in [0.2, 0.25) is 0 Å². The van der Waals surface area contributed by atoms with E-state index in [2.05, 4.69) is 12.2 Å². The molecule has 0 aromatic heterocycles. The van der Waals surface area contributed by atoms with Crippen LogP contribution in [0.1, 0.15) is 39.5 Å². The monoisotopic (exact) mass is 365 g/mol. The number of carbonyl (C=O) groups is 1. The van der Waals surface area contributed by atoms with Crippen molar-refractivity contribution in [3.05, 3.63) is 46.2 Å². The molecule has 0 aromatic rings. The van der Waals surface area contributed by atoms with Crippen LogP contribution in [0.2, 0.25) is 0 Å². The Bertz CT molecular complexity index is 685. The summed E-state index contributed by atoms with van der Waals surface area (Å²) < 4.78 is 13.9. The molecule has 24 heavy (non-hydrogen) atoms. The zero-order valence-electron chi connectivity index (χ0n) is 13.9. The fourth-order valence-electron chi connectivity index (χ4n) is 3.26. The van der Waals surface area contributed by atoms with Gasteiger partial charge in [0.15, 0.2) is 0 Å². The molecule has 6 heteroatoms. The Morgan fingerprint density at radius 2 is 2.08 bits per heavy atom. The molecule has 2 aliphatic carbocycles. The van der Waals surface area contributed by atoms with Gasteiger partial charge < -0.3 is 0 Å². The Kier molecular flexibility index (Phi) is 5.21. The third-order valence-corrected chi connectivity index (χ3v) is 6.35. The summed E-state index contributed by atoms with van der Waals surface area (Å²) in [5.74, 6) is 0.738. The average Bonchev–Trinajstić information content (AvgIpc) is 2.85. The first-order valence-corrected chi connectivity index (χ1v) is 9.87. The molecule has 4 nitrogen and oxygen atoms in total. The normalized spacial score (nSPS) is 33.0. The number of hydrogen-bond acceptors (Lipinski definition) is 2. The number of urea groups is 1. The van der Waals surface area contributed by atoms with Crippen LogP contribution in [-0.4, -0.2) is 26.4 Å². The van der Waals surface area contributed by atoms with Crippen LogP contribution in [-0.2, 0) is 10.8 Å². The van der Waals surface area contributed by atoms with E-state index in [0.29, 0.717) is 16.0 Å². The smallest absolute Gasteiger partial charge is 0.288 e. The predicted octanol–water partition coefficient (Wildman–Crippen LogP) is 3.78. The molecular weight excluding hydrogens is 344 g/mol. The highest BCUT2D eigenvalue weighted by Gasteiger charge is 2.29. The van der Waals surface area contributed by atoms with E-state index in [0.717, 1.165) is 37.2 Å². The second-order valence-electron chi connectivity index (χ2n) is 6.60.